The molecular weight excluding hydrogens is 571 g/mol. The van der Waals surface area contributed by atoms with Crippen molar-refractivity contribution in [2.45, 2.75) is 57.0 Å². The molecule has 2 aromatic carbocycles. The van der Waals surface area contributed by atoms with Crippen LogP contribution in [0.3, 0.4) is 0 Å². The maximum atomic E-state index is 13.7. The summed E-state index contributed by atoms with van der Waals surface area (Å²) < 4.78 is 0. The number of anilines is 1. The van der Waals surface area contributed by atoms with Crippen LogP contribution in [0.5, 0.6) is 0 Å². The van der Waals surface area contributed by atoms with Crippen molar-refractivity contribution in [2.24, 2.45) is 16.3 Å². The number of nitrogens with zero attached hydrogens (tertiary/aromatic N) is 3. The van der Waals surface area contributed by atoms with Crippen LogP contribution < -0.4 is 10.9 Å². The SMILES string of the molecule is Cc1cc(=O)[nH]c(Sc2ccc([N+](=O)[O-])cc2C=Nc2sc3c(c2C(=O)Nc2ccccc2)CC[C@H](C(C)(C)C)C3)n1. The van der Waals surface area contributed by atoms with Crippen LogP contribution in [0.4, 0.5) is 16.4 Å². The summed E-state index contributed by atoms with van der Waals surface area (Å²) in [5.41, 5.74) is 3.07. The molecule has 0 bridgehead atoms. The van der Waals surface area contributed by atoms with Crippen molar-refractivity contribution in [3.05, 3.63) is 102 Å². The molecule has 4 aromatic rings. The Morgan fingerprint density at radius 1 is 1.21 bits per heavy atom. The fourth-order valence-electron chi connectivity index (χ4n) is 5.03. The Morgan fingerprint density at radius 3 is 2.67 bits per heavy atom. The highest BCUT2D eigenvalue weighted by Gasteiger charge is 2.33. The standard InChI is InChI=1S/C31H31N5O4S2/c1-18-14-26(37)35-30(33-18)42-24-13-11-22(36(39)40)15-19(24)17-32-29-27(28(38)34-21-8-6-5-7-9-21)23-12-10-20(31(2,3)4)16-25(23)41-29/h5-9,11,13-15,17,20H,10,12,16H2,1-4H3,(H,34,38)(H,33,35,37)/t20-/m0/s1. The highest BCUT2D eigenvalue weighted by Crippen LogP contribution is 2.45. The molecular formula is C31H31N5O4S2. The number of nitro groups is 1. The van der Waals surface area contributed by atoms with E-state index >= 15 is 0 Å². The minimum atomic E-state index is -0.464. The van der Waals surface area contributed by atoms with E-state index in [0.717, 1.165) is 29.7 Å². The molecule has 0 aliphatic heterocycles. The van der Waals surface area contributed by atoms with Gasteiger partial charge in [0, 0.05) is 51.1 Å². The third kappa shape index (κ3) is 6.69. The first kappa shape index (κ1) is 29.4. The lowest BCUT2D eigenvalue weighted by Gasteiger charge is -2.33. The summed E-state index contributed by atoms with van der Waals surface area (Å²) in [7, 11) is 0. The van der Waals surface area contributed by atoms with Gasteiger partial charge in [0.15, 0.2) is 5.16 Å². The number of nitrogens with one attached hydrogen (secondary N) is 2. The van der Waals surface area contributed by atoms with E-state index in [-0.39, 0.29) is 22.6 Å². The first-order valence-electron chi connectivity index (χ1n) is 13.6. The van der Waals surface area contributed by atoms with Crippen molar-refractivity contribution in [2.75, 3.05) is 5.32 Å². The number of rotatable bonds is 7. The van der Waals surface area contributed by atoms with Crippen molar-refractivity contribution >= 4 is 51.6 Å². The van der Waals surface area contributed by atoms with Gasteiger partial charge in [0.1, 0.15) is 5.00 Å². The van der Waals surface area contributed by atoms with Gasteiger partial charge in [-0.3, -0.25) is 19.7 Å². The Kier molecular flexibility index (Phi) is 8.42. The van der Waals surface area contributed by atoms with Crippen LogP contribution in [0.15, 0.2) is 74.4 Å². The minimum Gasteiger partial charge on any atom is -0.322 e. The summed E-state index contributed by atoms with van der Waals surface area (Å²) in [5, 5.41) is 15.5. The maximum absolute atomic E-state index is 13.7. The minimum absolute atomic E-state index is 0.0907. The fourth-order valence-corrected chi connectivity index (χ4v) is 7.21. The lowest BCUT2D eigenvalue weighted by atomic mass is 9.72. The van der Waals surface area contributed by atoms with Gasteiger partial charge in [0.2, 0.25) is 0 Å². The molecule has 0 spiro atoms. The molecule has 1 aliphatic carbocycles. The predicted octanol–water partition coefficient (Wildman–Crippen LogP) is 7.35. The second-order valence-corrected chi connectivity index (χ2v) is 13.5. The Balaban J connectivity index is 1.56. The summed E-state index contributed by atoms with van der Waals surface area (Å²) in [6.07, 6.45) is 4.19. The van der Waals surface area contributed by atoms with Gasteiger partial charge in [-0.05, 0) is 61.3 Å². The fraction of sp³-hybridized carbons (Fsp3) is 0.290. The van der Waals surface area contributed by atoms with Crippen molar-refractivity contribution in [1.29, 1.82) is 0 Å². The van der Waals surface area contributed by atoms with Crippen LogP contribution in [-0.4, -0.2) is 27.0 Å². The van der Waals surface area contributed by atoms with E-state index in [1.807, 2.05) is 30.3 Å². The Bertz CT molecular complexity index is 1740. The summed E-state index contributed by atoms with van der Waals surface area (Å²) in [5.74, 6) is 0.254. The number of hydrogen-bond donors (Lipinski definition) is 2. The van der Waals surface area contributed by atoms with Gasteiger partial charge in [-0.1, -0.05) is 50.7 Å². The Morgan fingerprint density at radius 2 is 1.98 bits per heavy atom. The molecule has 1 atom stereocenters. The monoisotopic (exact) mass is 601 g/mol. The topological polar surface area (TPSA) is 130 Å². The van der Waals surface area contributed by atoms with Gasteiger partial charge in [-0.25, -0.2) is 9.98 Å². The smallest absolute Gasteiger partial charge is 0.270 e. The predicted molar refractivity (Wildman–Crippen MR) is 168 cm³/mol. The van der Waals surface area contributed by atoms with Gasteiger partial charge < -0.3 is 10.3 Å². The van der Waals surface area contributed by atoms with E-state index in [9.17, 15) is 19.7 Å². The number of H-pyrrole nitrogens is 1. The highest BCUT2D eigenvalue weighted by atomic mass is 32.2. The largest absolute Gasteiger partial charge is 0.322 e. The van der Waals surface area contributed by atoms with Gasteiger partial charge >= 0.3 is 0 Å². The number of aromatic amines is 1. The quantitative estimate of drug-likeness (QED) is 0.0985. The van der Waals surface area contributed by atoms with Crippen molar-refractivity contribution in [3.63, 3.8) is 0 Å². The number of para-hydroxylation sites is 1. The number of benzene rings is 2. The number of hydrogen-bond acceptors (Lipinski definition) is 8. The lowest BCUT2D eigenvalue weighted by Crippen LogP contribution is -2.27. The van der Waals surface area contributed by atoms with Crippen LogP contribution in [0.25, 0.3) is 0 Å². The third-order valence-electron chi connectivity index (χ3n) is 7.31. The molecule has 2 aromatic heterocycles. The first-order valence-corrected chi connectivity index (χ1v) is 15.2. The normalized spacial score (nSPS) is 15.0. The molecule has 0 unspecified atom stereocenters. The molecule has 1 aliphatic rings. The summed E-state index contributed by atoms with van der Waals surface area (Å²) in [4.78, 5) is 50.4. The number of carbonyl (C=O) groups excluding carboxylic acids is 1. The number of carbonyl (C=O) groups is 1. The molecule has 0 fully saturated rings. The van der Waals surface area contributed by atoms with E-state index in [4.69, 9.17) is 4.99 Å². The van der Waals surface area contributed by atoms with Crippen molar-refractivity contribution < 1.29 is 9.72 Å². The van der Waals surface area contributed by atoms with Gasteiger partial charge in [-0.2, -0.15) is 0 Å². The number of thiophene rings is 1. The number of non-ortho nitro benzene ring substituents is 1. The summed E-state index contributed by atoms with van der Waals surface area (Å²) >= 11 is 2.69. The number of nitro benzene ring substituents is 1. The second-order valence-electron chi connectivity index (χ2n) is 11.3. The molecule has 216 valence electrons. The molecule has 0 saturated heterocycles. The molecule has 5 rings (SSSR count). The summed E-state index contributed by atoms with van der Waals surface area (Å²) in [6, 6.07) is 15.1. The van der Waals surface area contributed by atoms with Gasteiger partial charge in [0.05, 0.1) is 10.5 Å². The molecule has 42 heavy (non-hydrogen) atoms. The average Bonchev–Trinajstić information content (AvgIpc) is 3.29. The first-order chi connectivity index (χ1) is 20.0. The molecule has 2 N–H and O–H groups in total. The van der Waals surface area contributed by atoms with Crippen molar-refractivity contribution in [3.8, 4) is 0 Å². The zero-order chi connectivity index (χ0) is 30.0. The van der Waals surface area contributed by atoms with Crippen LogP contribution in [0.1, 0.15) is 59.2 Å². The molecule has 11 heteroatoms. The number of aryl methyl sites for hydroxylation is 1. The molecule has 9 nitrogen and oxygen atoms in total. The lowest BCUT2D eigenvalue weighted by molar-refractivity contribution is -0.384. The molecule has 2 heterocycles. The molecule has 0 radical (unpaired) electrons. The third-order valence-corrected chi connectivity index (χ3v) is 9.45. The number of fused-ring (bicyclic) bond motifs is 1. The van der Waals surface area contributed by atoms with Crippen LogP contribution in [0, 0.1) is 28.4 Å². The zero-order valence-electron chi connectivity index (χ0n) is 23.8. The van der Waals surface area contributed by atoms with Crippen molar-refractivity contribution in [1.82, 2.24) is 9.97 Å². The molecule has 1 amide bonds. The van der Waals surface area contributed by atoms with Crippen LogP contribution >= 0.6 is 23.1 Å². The van der Waals surface area contributed by atoms with E-state index < -0.39 is 4.92 Å². The average molecular weight is 602 g/mol. The van der Waals surface area contributed by atoms with Gasteiger partial charge in [0.25, 0.3) is 17.2 Å². The van der Waals surface area contributed by atoms with E-state index in [0.29, 0.717) is 43.5 Å². The maximum Gasteiger partial charge on any atom is 0.270 e. The van der Waals surface area contributed by atoms with Gasteiger partial charge in [-0.15, -0.1) is 11.3 Å². The van der Waals surface area contributed by atoms with E-state index in [2.05, 4.69) is 36.1 Å². The summed E-state index contributed by atoms with van der Waals surface area (Å²) in [6.45, 7) is 8.46. The number of amides is 1. The van der Waals surface area contributed by atoms with Crippen LogP contribution in [-0.2, 0) is 12.8 Å². The van der Waals surface area contributed by atoms with E-state index in [1.54, 1.807) is 19.2 Å². The number of aromatic nitrogens is 2. The highest BCUT2D eigenvalue weighted by molar-refractivity contribution is 7.99. The zero-order valence-corrected chi connectivity index (χ0v) is 25.4. The molecule has 0 saturated carbocycles. The second kappa shape index (κ2) is 12.0. The number of aliphatic imine (C=N–C) groups is 1. The Hall–Kier alpha value is -4.09. The van der Waals surface area contributed by atoms with E-state index in [1.165, 1.54) is 41.3 Å². The Labute approximate surface area is 251 Å². The van der Waals surface area contributed by atoms with Crippen LogP contribution in [0.2, 0.25) is 0 Å².